The quantitative estimate of drug-likeness (QED) is 0.853. The summed E-state index contributed by atoms with van der Waals surface area (Å²) in [7, 11) is -4.10. The van der Waals surface area contributed by atoms with Gasteiger partial charge in [-0.25, -0.2) is 13.2 Å². The van der Waals surface area contributed by atoms with E-state index in [1.165, 1.54) is 11.0 Å². The minimum atomic E-state index is -4.67. The van der Waals surface area contributed by atoms with E-state index in [2.05, 4.69) is 5.32 Å². The zero-order valence-electron chi connectivity index (χ0n) is 12.7. The Morgan fingerprint density at radius 2 is 1.96 bits per heavy atom. The second-order valence-corrected chi connectivity index (χ2v) is 7.63. The fourth-order valence-electron chi connectivity index (χ4n) is 2.80. The predicted molar refractivity (Wildman–Crippen MR) is 78.8 cm³/mol. The molecule has 2 heterocycles. The first kappa shape index (κ1) is 17.5. The summed E-state index contributed by atoms with van der Waals surface area (Å²) in [5.41, 5.74) is -1.64. The number of hydrogen-bond acceptors (Lipinski definition) is 4. The van der Waals surface area contributed by atoms with Crippen LogP contribution in [0.2, 0.25) is 0 Å². The van der Waals surface area contributed by atoms with Gasteiger partial charge >= 0.3 is 12.2 Å². The maximum absolute atomic E-state index is 12.7. The van der Waals surface area contributed by atoms with E-state index in [1.54, 1.807) is 0 Å². The zero-order chi connectivity index (χ0) is 18.4. The molecule has 0 bridgehead atoms. The Hall–Kier alpha value is -2.32. The van der Waals surface area contributed by atoms with Gasteiger partial charge in [0, 0.05) is 26.2 Å². The van der Waals surface area contributed by atoms with E-state index in [1.807, 2.05) is 0 Å². The van der Waals surface area contributed by atoms with Gasteiger partial charge in [0.2, 0.25) is 10.0 Å². The summed E-state index contributed by atoms with van der Waals surface area (Å²) in [4.78, 5) is 12.6. The first-order valence-corrected chi connectivity index (χ1v) is 8.74. The monoisotopic (exact) mass is 374 g/mol. The van der Waals surface area contributed by atoms with Crippen LogP contribution < -0.4 is 5.32 Å². The average Bonchev–Trinajstić information content (AvgIpc) is 2.90. The smallest absolute Gasteiger partial charge is 0.336 e. The highest BCUT2D eigenvalue weighted by molar-refractivity contribution is 7.89. The number of alkyl halides is 3. The van der Waals surface area contributed by atoms with Gasteiger partial charge in [-0.15, -0.1) is 0 Å². The van der Waals surface area contributed by atoms with Gasteiger partial charge in [0.15, 0.2) is 0 Å². The van der Waals surface area contributed by atoms with E-state index < -0.39 is 32.2 Å². The standard InChI is InChI=1S/C14H13F3N4O3S/c15-14(16,17)10-1-2-12(9(5-10)6-18)25(23,24)20-7-11(8-20)21-4-3-19-13(21)22/h1-2,5,11H,3-4,7-8H2,(H,19,22). The fourth-order valence-corrected chi connectivity index (χ4v) is 4.44. The zero-order valence-corrected chi connectivity index (χ0v) is 13.6. The summed E-state index contributed by atoms with van der Waals surface area (Å²) < 4.78 is 64.3. The van der Waals surface area contributed by atoms with Gasteiger partial charge in [-0.2, -0.15) is 22.7 Å². The van der Waals surface area contributed by atoms with Gasteiger partial charge in [-0.3, -0.25) is 0 Å². The largest absolute Gasteiger partial charge is 0.416 e. The average molecular weight is 374 g/mol. The molecule has 0 atom stereocenters. The molecule has 0 radical (unpaired) electrons. The van der Waals surface area contributed by atoms with Gasteiger partial charge in [-0.1, -0.05) is 0 Å². The molecule has 0 aromatic heterocycles. The van der Waals surface area contributed by atoms with Crippen LogP contribution in [-0.4, -0.2) is 55.9 Å². The summed E-state index contributed by atoms with van der Waals surface area (Å²) in [5, 5.41) is 11.7. The second kappa shape index (κ2) is 5.89. The molecular weight excluding hydrogens is 361 g/mol. The molecule has 11 heteroatoms. The lowest BCUT2D eigenvalue weighted by Crippen LogP contribution is -2.61. The number of nitrogens with zero attached hydrogens (tertiary/aromatic N) is 3. The molecular formula is C14H13F3N4O3S. The van der Waals surface area contributed by atoms with Gasteiger partial charge in [0.25, 0.3) is 0 Å². The number of rotatable bonds is 3. The van der Waals surface area contributed by atoms with Crippen LogP contribution in [0.15, 0.2) is 23.1 Å². The minimum Gasteiger partial charge on any atom is -0.336 e. The molecule has 0 aliphatic carbocycles. The molecule has 7 nitrogen and oxygen atoms in total. The van der Waals surface area contributed by atoms with Crippen molar-refractivity contribution in [2.45, 2.75) is 17.1 Å². The number of nitriles is 1. The normalized spacial score (nSPS) is 19.4. The third kappa shape index (κ3) is 3.03. The molecule has 2 aliphatic rings. The van der Waals surface area contributed by atoms with Crippen LogP contribution in [0.1, 0.15) is 11.1 Å². The topological polar surface area (TPSA) is 93.5 Å². The summed E-state index contributed by atoms with van der Waals surface area (Å²) in [6.45, 7) is 1.05. The SMILES string of the molecule is N#Cc1cc(C(F)(F)F)ccc1S(=O)(=O)N1CC(N2CCNC2=O)C1. The van der Waals surface area contributed by atoms with Crippen LogP contribution >= 0.6 is 0 Å². The Morgan fingerprint density at radius 3 is 2.48 bits per heavy atom. The van der Waals surface area contributed by atoms with Crippen LogP contribution in [0.3, 0.4) is 0 Å². The van der Waals surface area contributed by atoms with Crippen molar-refractivity contribution in [3.8, 4) is 6.07 Å². The van der Waals surface area contributed by atoms with E-state index in [0.29, 0.717) is 25.2 Å². The van der Waals surface area contributed by atoms with Crippen molar-refractivity contribution in [2.75, 3.05) is 26.2 Å². The second-order valence-electron chi connectivity index (χ2n) is 5.72. The molecule has 2 amide bonds. The Kier molecular flexibility index (Phi) is 4.12. The molecule has 0 unspecified atom stereocenters. The van der Waals surface area contributed by atoms with Crippen molar-refractivity contribution in [1.82, 2.24) is 14.5 Å². The third-order valence-corrected chi connectivity index (χ3v) is 6.09. The molecule has 2 aliphatic heterocycles. The summed E-state index contributed by atoms with van der Waals surface area (Å²) >= 11 is 0. The maximum atomic E-state index is 12.7. The van der Waals surface area contributed by atoms with Gasteiger partial charge < -0.3 is 10.2 Å². The first-order chi connectivity index (χ1) is 11.6. The number of sulfonamides is 1. The lowest BCUT2D eigenvalue weighted by atomic mass is 10.1. The van der Waals surface area contributed by atoms with Crippen molar-refractivity contribution in [1.29, 1.82) is 5.26 Å². The van der Waals surface area contributed by atoms with Gasteiger partial charge in [0.05, 0.1) is 22.1 Å². The molecule has 2 saturated heterocycles. The van der Waals surface area contributed by atoms with Gasteiger partial charge in [0.1, 0.15) is 6.07 Å². The summed E-state index contributed by atoms with van der Waals surface area (Å²) in [6, 6.07) is 2.92. The van der Waals surface area contributed by atoms with Crippen LogP contribution in [0.4, 0.5) is 18.0 Å². The fraction of sp³-hybridized carbons (Fsp3) is 0.429. The highest BCUT2D eigenvalue weighted by Gasteiger charge is 2.43. The molecule has 2 fully saturated rings. The summed E-state index contributed by atoms with van der Waals surface area (Å²) in [6.07, 6.45) is -4.67. The van der Waals surface area contributed by atoms with E-state index in [0.717, 1.165) is 10.4 Å². The van der Waals surface area contributed by atoms with Gasteiger partial charge in [-0.05, 0) is 18.2 Å². The molecule has 1 aromatic rings. The van der Waals surface area contributed by atoms with Crippen molar-refractivity contribution >= 4 is 16.1 Å². The highest BCUT2D eigenvalue weighted by Crippen LogP contribution is 2.33. The van der Waals surface area contributed by atoms with E-state index in [9.17, 15) is 26.4 Å². The Balaban J connectivity index is 1.82. The van der Waals surface area contributed by atoms with Crippen molar-refractivity contribution < 1.29 is 26.4 Å². The number of carbonyl (C=O) groups excluding carboxylic acids is 1. The van der Waals surface area contributed by atoms with Crippen molar-refractivity contribution in [2.24, 2.45) is 0 Å². The van der Waals surface area contributed by atoms with E-state index in [4.69, 9.17) is 5.26 Å². The van der Waals surface area contributed by atoms with Crippen LogP contribution in [-0.2, 0) is 16.2 Å². The molecule has 1 aromatic carbocycles. The van der Waals surface area contributed by atoms with Crippen LogP contribution in [0, 0.1) is 11.3 Å². The number of hydrogen-bond donors (Lipinski definition) is 1. The Morgan fingerprint density at radius 1 is 1.28 bits per heavy atom. The Bertz CT molecular complexity index is 857. The van der Waals surface area contributed by atoms with Crippen LogP contribution in [0.5, 0.6) is 0 Å². The number of benzene rings is 1. The maximum Gasteiger partial charge on any atom is 0.416 e. The minimum absolute atomic E-state index is 0.0433. The lowest BCUT2D eigenvalue weighted by molar-refractivity contribution is -0.137. The first-order valence-electron chi connectivity index (χ1n) is 7.30. The number of carbonyl (C=O) groups is 1. The predicted octanol–water partition coefficient (Wildman–Crippen LogP) is 0.975. The number of halogens is 3. The molecule has 0 spiro atoms. The lowest BCUT2D eigenvalue weighted by Gasteiger charge is -2.42. The summed E-state index contributed by atoms with van der Waals surface area (Å²) in [5.74, 6) is 0. The van der Waals surface area contributed by atoms with E-state index >= 15 is 0 Å². The molecule has 3 rings (SSSR count). The number of urea groups is 1. The van der Waals surface area contributed by atoms with Crippen molar-refractivity contribution in [3.63, 3.8) is 0 Å². The molecule has 134 valence electrons. The third-order valence-electron chi connectivity index (χ3n) is 4.20. The molecule has 25 heavy (non-hydrogen) atoms. The Labute approximate surface area is 141 Å². The van der Waals surface area contributed by atoms with Crippen LogP contribution in [0.25, 0.3) is 0 Å². The number of nitrogens with one attached hydrogen (secondary N) is 1. The molecule has 1 N–H and O–H groups in total. The van der Waals surface area contributed by atoms with E-state index in [-0.39, 0.29) is 25.2 Å². The molecule has 0 saturated carbocycles. The van der Waals surface area contributed by atoms with Crippen molar-refractivity contribution in [3.05, 3.63) is 29.3 Å². The number of amides is 2. The highest BCUT2D eigenvalue weighted by atomic mass is 32.2.